The summed E-state index contributed by atoms with van der Waals surface area (Å²) in [5.74, 6) is 0.454. The Morgan fingerprint density at radius 1 is 1.52 bits per heavy atom. The maximum absolute atomic E-state index is 12.1. The Labute approximate surface area is 121 Å². The molecular formula is C14H18N4O3. The van der Waals surface area contributed by atoms with Crippen molar-refractivity contribution < 1.29 is 9.59 Å². The zero-order chi connectivity index (χ0) is 15.2. The zero-order valence-corrected chi connectivity index (χ0v) is 12.1. The lowest BCUT2D eigenvalue weighted by Gasteiger charge is -2.44. The number of aromatic nitrogens is 2. The molecule has 0 aromatic carbocycles. The number of likely N-dealkylation sites (tertiary alicyclic amines) is 1. The second-order valence-corrected chi connectivity index (χ2v) is 6.19. The van der Waals surface area contributed by atoms with Gasteiger partial charge < -0.3 is 15.2 Å². The van der Waals surface area contributed by atoms with Crippen LogP contribution in [0.5, 0.6) is 0 Å². The molecule has 1 unspecified atom stereocenters. The van der Waals surface area contributed by atoms with E-state index in [4.69, 9.17) is 0 Å². The van der Waals surface area contributed by atoms with Gasteiger partial charge in [-0.2, -0.15) is 0 Å². The lowest BCUT2D eigenvalue weighted by atomic mass is 9.81. The summed E-state index contributed by atoms with van der Waals surface area (Å²) < 4.78 is 0. The minimum Gasteiger partial charge on any atom is -0.350 e. The van der Waals surface area contributed by atoms with Crippen LogP contribution in [0.3, 0.4) is 0 Å². The molecule has 2 amide bonds. The van der Waals surface area contributed by atoms with E-state index in [2.05, 4.69) is 15.3 Å². The molecule has 112 valence electrons. The van der Waals surface area contributed by atoms with Gasteiger partial charge in [0, 0.05) is 32.1 Å². The van der Waals surface area contributed by atoms with Crippen molar-refractivity contribution in [2.24, 2.45) is 5.41 Å². The number of hydrogen-bond acceptors (Lipinski definition) is 4. The number of carbonyl (C=O) groups is 2. The maximum atomic E-state index is 12.1. The number of β-lactam (4-membered cyclic amide) rings is 1. The zero-order valence-electron chi connectivity index (χ0n) is 12.1. The van der Waals surface area contributed by atoms with Crippen LogP contribution in [0.1, 0.15) is 42.0 Å². The van der Waals surface area contributed by atoms with Crippen molar-refractivity contribution in [2.75, 3.05) is 20.1 Å². The van der Waals surface area contributed by atoms with Crippen LogP contribution in [-0.2, 0) is 4.79 Å². The van der Waals surface area contributed by atoms with E-state index in [0.29, 0.717) is 12.4 Å². The van der Waals surface area contributed by atoms with Crippen LogP contribution < -0.4 is 10.9 Å². The van der Waals surface area contributed by atoms with E-state index in [1.165, 1.54) is 6.07 Å². The number of amides is 2. The van der Waals surface area contributed by atoms with E-state index >= 15 is 0 Å². The summed E-state index contributed by atoms with van der Waals surface area (Å²) in [5, 5.41) is 2.70. The largest absolute Gasteiger partial charge is 0.350 e. The minimum absolute atomic E-state index is 0.0142. The first-order chi connectivity index (χ1) is 9.89. The molecule has 3 rings (SSSR count). The van der Waals surface area contributed by atoms with Gasteiger partial charge in [0.2, 0.25) is 5.91 Å². The van der Waals surface area contributed by atoms with E-state index in [0.717, 1.165) is 12.8 Å². The Morgan fingerprint density at radius 3 is 2.81 bits per heavy atom. The van der Waals surface area contributed by atoms with E-state index in [9.17, 15) is 14.4 Å². The molecule has 1 aliphatic carbocycles. The quantitative estimate of drug-likeness (QED) is 0.754. The normalized spacial score (nSPS) is 24.7. The molecule has 2 heterocycles. The third kappa shape index (κ3) is 2.55. The molecule has 0 spiro atoms. The predicted molar refractivity (Wildman–Crippen MR) is 74.9 cm³/mol. The van der Waals surface area contributed by atoms with Crippen LogP contribution in [0, 0.1) is 5.41 Å². The summed E-state index contributed by atoms with van der Waals surface area (Å²) in [7, 11) is 1.73. The van der Waals surface area contributed by atoms with E-state index in [1.807, 2.05) is 6.92 Å². The number of carbonyl (C=O) groups excluding carboxylic acids is 2. The number of aromatic amines is 1. The summed E-state index contributed by atoms with van der Waals surface area (Å²) in [4.78, 5) is 43.9. The minimum atomic E-state index is -0.551. The van der Waals surface area contributed by atoms with Crippen LogP contribution >= 0.6 is 0 Å². The molecule has 1 aliphatic heterocycles. The second-order valence-electron chi connectivity index (χ2n) is 6.19. The third-order valence-corrected chi connectivity index (χ3v) is 4.04. The average Bonchev–Trinajstić information content (AvgIpc) is 3.28. The van der Waals surface area contributed by atoms with Crippen molar-refractivity contribution in [2.45, 2.75) is 25.7 Å². The smallest absolute Gasteiger partial charge is 0.270 e. The lowest BCUT2D eigenvalue weighted by molar-refractivity contribution is -0.155. The molecule has 1 atom stereocenters. The maximum Gasteiger partial charge on any atom is 0.270 e. The van der Waals surface area contributed by atoms with Crippen molar-refractivity contribution in [3.63, 3.8) is 0 Å². The Morgan fingerprint density at radius 2 is 2.24 bits per heavy atom. The summed E-state index contributed by atoms with van der Waals surface area (Å²) in [5.41, 5.74) is -0.752. The highest BCUT2D eigenvalue weighted by Gasteiger charge is 2.46. The topological polar surface area (TPSA) is 95.2 Å². The summed E-state index contributed by atoms with van der Waals surface area (Å²) >= 11 is 0. The number of H-pyrrole nitrogens is 1. The molecule has 7 heteroatoms. The molecule has 1 saturated heterocycles. The van der Waals surface area contributed by atoms with Gasteiger partial charge in [-0.3, -0.25) is 14.4 Å². The molecule has 2 fully saturated rings. The van der Waals surface area contributed by atoms with Crippen molar-refractivity contribution >= 4 is 11.8 Å². The highest BCUT2D eigenvalue weighted by Crippen LogP contribution is 2.37. The fraction of sp³-hybridized carbons (Fsp3) is 0.571. The number of hydrogen-bond donors (Lipinski definition) is 2. The van der Waals surface area contributed by atoms with Gasteiger partial charge in [0.15, 0.2) is 0 Å². The Kier molecular flexibility index (Phi) is 3.07. The molecule has 1 aromatic rings. The van der Waals surface area contributed by atoms with Crippen LogP contribution in [-0.4, -0.2) is 46.8 Å². The first kappa shape index (κ1) is 13.8. The number of nitrogens with zero attached hydrogens (tertiary/aromatic N) is 2. The van der Waals surface area contributed by atoms with Crippen molar-refractivity contribution in [3.05, 3.63) is 27.9 Å². The van der Waals surface area contributed by atoms with Gasteiger partial charge >= 0.3 is 0 Å². The summed E-state index contributed by atoms with van der Waals surface area (Å²) in [6, 6.07) is 1.19. The Balaban J connectivity index is 1.68. The molecule has 2 N–H and O–H groups in total. The van der Waals surface area contributed by atoms with Gasteiger partial charge in [0.1, 0.15) is 11.5 Å². The first-order valence-electron chi connectivity index (χ1n) is 7.04. The molecule has 0 radical (unpaired) electrons. The third-order valence-electron chi connectivity index (χ3n) is 4.04. The molecule has 7 nitrogen and oxygen atoms in total. The average molecular weight is 290 g/mol. The van der Waals surface area contributed by atoms with Crippen molar-refractivity contribution in [1.82, 2.24) is 20.2 Å². The van der Waals surface area contributed by atoms with Gasteiger partial charge in [0.25, 0.3) is 11.5 Å². The SMILES string of the molecule is CN1CC(C)(CNC(=O)c2cc(=O)[nH]c(C3CC3)n2)C1=O. The lowest BCUT2D eigenvalue weighted by Crippen LogP contribution is -2.62. The predicted octanol–water partition coefficient (Wildman–Crippen LogP) is -0.145. The van der Waals surface area contributed by atoms with E-state index in [1.54, 1.807) is 11.9 Å². The molecule has 0 bridgehead atoms. The van der Waals surface area contributed by atoms with Gasteiger partial charge in [-0.1, -0.05) is 0 Å². The standard InChI is InChI=1S/C14H18N4O3/c1-14(7-18(2)13(14)21)6-15-12(20)9-5-10(19)17-11(16-9)8-3-4-8/h5,8H,3-4,6-7H2,1-2H3,(H,15,20)(H,16,17,19). The van der Waals surface area contributed by atoms with Crippen LogP contribution in [0.2, 0.25) is 0 Å². The Bertz CT molecular complexity index is 664. The van der Waals surface area contributed by atoms with Gasteiger partial charge in [-0.15, -0.1) is 0 Å². The molecule has 1 aromatic heterocycles. The van der Waals surface area contributed by atoms with Crippen LogP contribution in [0.15, 0.2) is 10.9 Å². The second kappa shape index (κ2) is 4.68. The van der Waals surface area contributed by atoms with Gasteiger partial charge in [-0.05, 0) is 19.8 Å². The fourth-order valence-electron chi connectivity index (χ4n) is 2.67. The molecular weight excluding hydrogens is 272 g/mol. The van der Waals surface area contributed by atoms with Gasteiger partial charge in [-0.25, -0.2) is 4.98 Å². The van der Waals surface area contributed by atoms with E-state index < -0.39 is 11.3 Å². The Hall–Kier alpha value is -2.18. The summed E-state index contributed by atoms with van der Waals surface area (Å²) in [6.45, 7) is 2.68. The fourth-order valence-corrected chi connectivity index (χ4v) is 2.67. The van der Waals surface area contributed by atoms with Crippen LogP contribution in [0.4, 0.5) is 0 Å². The van der Waals surface area contributed by atoms with Crippen LogP contribution in [0.25, 0.3) is 0 Å². The number of nitrogens with one attached hydrogen (secondary N) is 2. The first-order valence-corrected chi connectivity index (χ1v) is 7.04. The van der Waals surface area contributed by atoms with Gasteiger partial charge in [0.05, 0.1) is 5.41 Å². The molecule has 21 heavy (non-hydrogen) atoms. The monoisotopic (exact) mass is 290 g/mol. The highest BCUT2D eigenvalue weighted by atomic mass is 16.2. The molecule has 1 saturated carbocycles. The number of rotatable bonds is 4. The van der Waals surface area contributed by atoms with Crippen molar-refractivity contribution in [1.29, 1.82) is 0 Å². The summed E-state index contributed by atoms with van der Waals surface area (Å²) in [6.07, 6.45) is 1.99. The van der Waals surface area contributed by atoms with E-state index in [-0.39, 0.29) is 29.6 Å². The van der Waals surface area contributed by atoms with Crippen molar-refractivity contribution in [3.8, 4) is 0 Å². The molecule has 2 aliphatic rings. The highest BCUT2D eigenvalue weighted by molar-refractivity contribution is 5.93.